The van der Waals surface area contributed by atoms with Gasteiger partial charge in [-0.05, 0) is 76.2 Å². The molecule has 2 fully saturated rings. The molecular formula is C27H36N2O2. The summed E-state index contributed by atoms with van der Waals surface area (Å²) in [6, 6.07) is 15.7. The third kappa shape index (κ3) is 5.36. The molecule has 4 rings (SSSR count). The van der Waals surface area contributed by atoms with Crippen LogP contribution in [0, 0.1) is 19.3 Å². The van der Waals surface area contributed by atoms with Crippen molar-refractivity contribution in [2.75, 3.05) is 33.4 Å². The molecule has 1 atom stereocenters. The largest absolute Gasteiger partial charge is 0.381 e. The number of carbonyl (C=O) groups is 1. The van der Waals surface area contributed by atoms with E-state index in [0.717, 1.165) is 45.2 Å². The number of carbonyl (C=O) groups excluding carboxylic acids is 1. The van der Waals surface area contributed by atoms with E-state index in [4.69, 9.17) is 4.74 Å². The van der Waals surface area contributed by atoms with Gasteiger partial charge in [0.05, 0.1) is 5.41 Å². The minimum Gasteiger partial charge on any atom is -0.381 e. The summed E-state index contributed by atoms with van der Waals surface area (Å²) >= 11 is 0. The van der Waals surface area contributed by atoms with Gasteiger partial charge in [-0.15, -0.1) is 0 Å². The van der Waals surface area contributed by atoms with Crippen molar-refractivity contribution in [2.45, 2.75) is 52.0 Å². The molecule has 0 aliphatic carbocycles. The maximum absolute atomic E-state index is 13.6. The summed E-state index contributed by atoms with van der Waals surface area (Å²) in [7, 11) is 2.14. The number of hydrogen-bond acceptors (Lipinski definition) is 3. The maximum Gasteiger partial charge on any atom is 0.226 e. The van der Waals surface area contributed by atoms with Gasteiger partial charge in [-0.1, -0.05) is 53.6 Å². The van der Waals surface area contributed by atoms with Gasteiger partial charge in [0.15, 0.2) is 0 Å². The summed E-state index contributed by atoms with van der Waals surface area (Å²) in [5, 5.41) is 3.41. The van der Waals surface area contributed by atoms with Crippen LogP contribution in [0.5, 0.6) is 0 Å². The highest BCUT2D eigenvalue weighted by Gasteiger charge is 2.41. The first-order valence-corrected chi connectivity index (χ1v) is 11.7. The Hall–Kier alpha value is -2.17. The van der Waals surface area contributed by atoms with Crippen LogP contribution in [0.3, 0.4) is 0 Å². The first-order valence-electron chi connectivity index (χ1n) is 11.7. The molecule has 166 valence electrons. The number of hydrogen-bond donors (Lipinski definition) is 1. The van der Waals surface area contributed by atoms with E-state index in [2.05, 4.69) is 73.6 Å². The summed E-state index contributed by atoms with van der Waals surface area (Å²) in [6.45, 7) is 7.68. The number of ether oxygens (including phenoxy) is 1. The first kappa shape index (κ1) is 22.0. The average Bonchev–Trinajstić information content (AvgIpc) is 2.74. The molecule has 2 aliphatic rings. The van der Waals surface area contributed by atoms with E-state index in [1.54, 1.807) is 0 Å². The SMILES string of the molecule is Cc1cc(C)cc(-c2cccc(CC3(C(=O)NC4CCCN(C)C4)CCOCC3)c2)c1. The average molecular weight is 421 g/mol. The van der Waals surface area contributed by atoms with Gasteiger partial charge in [0.1, 0.15) is 0 Å². The van der Waals surface area contributed by atoms with E-state index in [-0.39, 0.29) is 17.4 Å². The van der Waals surface area contributed by atoms with Crippen molar-refractivity contribution < 1.29 is 9.53 Å². The van der Waals surface area contributed by atoms with E-state index in [9.17, 15) is 4.79 Å². The number of nitrogens with one attached hydrogen (secondary N) is 1. The lowest BCUT2D eigenvalue weighted by molar-refractivity contribution is -0.137. The second-order valence-electron chi connectivity index (χ2n) is 9.72. The van der Waals surface area contributed by atoms with Crippen LogP contribution in [0.1, 0.15) is 42.4 Å². The van der Waals surface area contributed by atoms with Crippen LogP contribution >= 0.6 is 0 Å². The lowest BCUT2D eigenvalue weighted by Gasteiger charge is -2.39. The Kier molecular flexibility index (Phi) is 6.78. The zero-order valence-corrected chi connectivity index (χ0v) is 19.2. The predicted molar refractivity (Wildman–Crippen MR) is 126 cm³/mol. The highest BCUT2D eigenvalue weighted by atomic mass is 16.5. The topological polar surface area (TPSA) is 41.6 Å². The van der Waals surface area contributed by atoms with Crippen LogP contribution in [0.25, 0.3) is 11.1 Å². The molecule has 0 aromatic heterocycles. The lowest BCUT2D eigenvalue weighted by Crippen LogP contribution is -2.53. The van der Waals surface area contributed by atoms with Gasteiger partial charge in [-0.3, -0.25) is 4.79 Å². The Morgan fingerprint density at radius 1 is 1.10 bits per heavy atom. The van der Waals surface area contributed by atoms with Crippen LogP contribution in [0.4, 0.5) is 0 Å². The van der Waals surface area contributed by atoms with E-state index in [1.807, 2.05) is 0 Å². The number of likely N-dealkylation sites (N-methyl/N-ethyl adjacent to an activating group) is 1. The number of aryl methyl sites for hydroxylation is 2. The minimum atomic E-state index is -0.380. The van der Waals surface area contributed by atoms with Crippen LogP contribution < -0.4 is 5.32 Å². The normalized spacial score (nSPS) is 21.6. The van der Waals surface area contributed by atoms with Gasteiger partial charge in [0.25, 0.3) is 0 Å². The number of likely N-dealkylation sites (tertiary alicyclic amines) is 1. The molecule has 1 N–H and O–H groups in total. The molecule has 1 amide bonds. The zero-order valence-electron chi connectivity index (χ0n) is 19.2. The van der Waals surface area contributed by atoms with Crippen molar-refractivity contribution >= 4 is 5.91 Å². The fourth-order valence-corrected chi connectivity index (χ4v) is 5.26. The quantitative estimate of drug-likeness (QED) is 0.773. The molecule has 31 heavy (non-hydrogen) atoms. The van der Waals surface area contributed by atoms with E-state index < -0.39 is 0 Å². The summed E-state index contributed by atoms with van der Waals surface area (Å²) in [5.74, 6) is 0.216. The van der Waals surface area contributed by atoms with E-state index in [0.29, 0.717) is 13.2 Å². The molecule has 2 aliphatic heterocycles. The Morgan fingerprint density at radius 3 is 2.55 bits per heavy atom. The smallest absolute Gasteiger partial charge is 0.226 e. The number of benzene rings is 2. The standard InChI is InChI=1S/C27H36N2O2/c1-20-14-21(2)16-24(15-20)23-7-4-6-22(17-23)18-27(9-12-31-13-10-27)26(30)28-25-8-5-11-29(3)19-25/h4,6-7,14-17,25H,5,8-13,18-19H2,1-3H3,(H,28,30). The summed E-state index contributed by atoms with van der Waals surface area (Å²) in [5.41, 5.74) is 5.87. The highest BCUT2D eigenvalue weighted by molar-refractivity contribution is 5.83. The predicted octanol–water partition coefficient (Wildman–Crippen LogP) is 4.52. The molecule has 0 bridgehead atoms. The lowest BCUT2D eigenvalue weighted by atomic mass is 9.74. The van der Waals surface area contributed by atoms with E-state index in [1.165, 1.54) is 27.8 Å². The van der Waals surface area contributed by atoms with Crippen molar-refractivity contribution in [2.24, 2.45) is 5.41 Å². The zero-order chi connectivity index (χ0) is 21.8. The minimum absolute atomic E-state index is 0.216. The van der Waals surface area contributed by atoms with Crippen molar-refractivity contribution in [3.63, 3.8) is 0 Å². The van der Waals surface area contributed by atoms with Gasteiger partial charge >= 0.3 is 0 Å². The van der Waals surface area contributed by atoms with Gasteiger partial charge in [0.2, 0.25) is 5.91 Å². The van der Waals surface area contributed by atoms with Crippen LogP contribution in [-0.2, 0) is 16.0 Å². The molecule has 4 nitrogen and oxygen atoms in total. The summed E-state index contributed by atoms with van der Waals surface area (Å²) in [6.07, 6.45) is 4.56. The molecule has 4 heteroatoms. The summed E-state index contributed by atoms with van der Waals surface area (Å²) in [4.78, 5) is 15.9. The molecule has 2 aromatic carbocycles. The molecule has 2 aromatic rings. The Labute approximate surface area is 187 Å². The number of amides is 1. The molecule has 2 heterocycles. The second kappa shape index (κ2) is 9.54. The van der Waals surface area contributed by atoms with Crippen LogP contribution in [-0.4, -0.2) is 50.2 Å². The molecule has 0 radical (unpaired) electrons. The van der Waals surface area contributed by atoms with E-state index >= 15 is 0 Å². The van der Waals surface area contributed by atoms with Gasteiger partial charge in [0, 0.05) is 25.8 Å². The number of rotatable bonds is 5. The van der Waals surface area contributed by atoms with Gasteiger partial charge in [-0.2, -0.15) is 0 Å². The van der Waals surface area contributed by atoms with Crippen LogP contribution in [0.15, 0.2) is 42.5 Å². The fraction of sp³-hybridized carbons (Fsp3) is 0.519. The number of piperidine rings is 1. The highest BCUT2D eigenvalue weighted by Crippen LogP contribution is 2.36. The van der Waals surface area contributed by atoms with Crippen molar-refractivity contribution in [1.29, 1.82) is 0 Å². The van der Waals surface area contributed by atoms with Crippen molar-refractivity contribution in [1.82, 2.24) is 10.2 Å². The van der Waals surface area contributed by atoms with Gasteiger partial charge in [-0.25, -0.2) is 0 Å². The van der Waals surface area contributed by atoms with Crippen molar-refractivity contribution in [3.8, 4) is 11.1 Å². The number of nitrogens with zero attached hydrogens (tertiary/aromatic N) is 1. The molecular weight excluding hydrogens is 384 g/mol. The van der Waals surface area contributed by atoms with Crippen LogP contribution in [0.2, 0.25) is 0 Å². The second-order valence-corrected chi connectivity index (χ2v) is 9.72. The molecule has 0 saturated carbocycles. The Balaban J connectivity index is 1.56. The molecule has 1 unspecified atom stereocenters. The monoisotopic (exact) mass is 420 g/mol. The molecule has 0 spiro atoms. The molecule has 2 saturated heterocycles. The Morgan fingerprint density at radius 2 is 1.84 bits per heavy atom. The first-order chi connectivity index (χ1) is 14.9. The fourth-order valence-electron chi connectivity index (χ4n) is 5.26. The Bertz CT molecular complexity index is 897. The third-order valence-electron chi connectivity index (χ3n) is 6.92. The third-order valence-corrected chi connectivity index (χ3v) is 6.92. The summed E-state index contributed by atoms with van der Waals surface area (Å²) < 4.78 is 5.65. The van der Waals surface area contributed by atoms with Gasteiger partial charge < -0.3 is 15.0 Å². The van der Waals surface area contributed by atoms with Crippen molar-refractivity contribution in [3.05, 3.63) is 59.2 Å². The maximum atomic E-state index is 13.6.